The van der Waals surface area contributed by atoms with Gasteiger partial charge in [0.2, 0.25) is 5.91 Å². The van der Waals surface area contributed by atoms with Crippen LogP contribution in [0.3, 0.4) is 0 Å². The maximum absolute atomic E-state index is 11.9. The minimum absolute atomic E-state index is 0.0956. The molecule has 1 unspecified atom stereocenters. The van der Waals surface area contributed by atoms with Crippen LogP contribution in [0.4, 0.5) is 0 Å². The lowest BCUT2D eigenvalue weighted by Gasteiger charge is -2.15. The van der Waals surface area contributed by atoms with Crippen LogP contribution in [0.15, 0.2) is 29.2 Å². The SMILES string of the molecule is Cc1ccc(S(=O)(=O)NC(=O)C(C)C(C)C)cc1. The zero-order valence-corrected chi connectivity index (χ0v) is 11.9. The summed E-state index contributed by atoms with van der Waals surface area (Å²) in [4.78, 5) is 11.9. The molecule has 100 valence electrons. The van der Waals surface area contributed by atoms with Gasteiger partial charge in [-0.1, -0.05) is 38.5 Å². The van der Waals surface area contributed by atoms with Gasteiger partial charge in [0.25, 0.3) is 10.0 Å². The average Bonchev–Trinajstić information content (AvgIpc) is 2.27. The van der Waals surface area contributed by atoms with Gasteiger partial charge in [-0.2, -0.15) is 0 Å². The largest absolute Gasteiger partial charge is 0.274 e. The maximum Gasteiger partial charge on any atom is 0.264 e. The van der Waals surface area contributed by atoms with Crippen molar-refractivity contribution >= 4 is 15.9 Å². The molecule has 1 amide bonds. The van der Waals surface area contributed by atoms with E-state index in [1.807, 2.05) is 20.8 Å². The zero-order chi connectivity index (χ0) is 13.9. The second kappa shape index (κ2) is 5.52. The first kappa shape index (κ1) is 14.7. The molecule has 1 rings (SSSR count). The van der Waals surface area contributed by atoms with Crippen LogP contribution in [-0.4, -0.2) is 14.3 Å². The van der Waals surface area contributed by atoms with E-state index in [1.165, 1.54) is 12.1 Å². The van der Waals surface area contributed by atoms with Gasteiger partial charge in [0.05, 0.1) is 4.90 Å². The molecule has 0 saturated carbocycles. The monoisotopic (exact) mass is 269 g/mol. The van der Waals surface area contributed by atoms with Gasteiger partial charge in [-0.3, -0.25) is 4.79 Å². The first-order valence-electron chi connectivity index (χ1n) is 5.87. The molecule has 0 aliphatic rings. The van der Waals surface area contributed by atoms with E-state index in [4.69, 9.17) is 0 Å². The van der Waals surface area contributed by atoms with Crippen molar-refractivity contribution in [3.63, 3.8) is 0 Å². The van der Waals surface area contributed by atoms with Crippen molar-refractivity contribution in [1.29, 1.82) is 0 Å². The Morgan fingerprint density at radius 2 is 1.61 bits per heavy atom. The molecule has 0 aliphatic heterocycles. The van der Waals surface area contributed by atoms with Crippen LogP contribution in [0.1, 0.15) is 26.3 Å². The molecular weight excluding hydrogens is 250 g/mol. The summed E-state index contributed by atoms with van der Waals surface area (Å²) in [5, 5.41) is 0. The quantitative estimate of drug-likeness (QED) is 0.910. The molecule has 18 heavy (non-hydrogen) atoms. The lowest BCUT2D eigenvalue weighted by molar-refractivity contribution is -0.123. The number of carbonyl (C=O) groups is 1. The molecule has 0 aliphatic carbocycles. The number of amides is 1. The predicted octanol–water partition coefficient (Wildman–Crippen LogP) is 2.09. The number of hydrogen-bond donors (Lipinski definition) is 1. The summed E-state index contributed by atoms with van der Waals surface area (Å²) in [6, 6.07) is 6.38. The van der Waals surface area contributed by atoms with Crippen molar-refractivity contribution in [1.82, 2.24) is 4.72 Å². The number of hydrogen-bond acceptors (Lipinski definition) is 3. The third-order valence-corrected chi connectivity index (χ3v) is 4.34. The van der Waals surface area contributed by atoms with Gasteiger partial charge in [0, 0.05) is 5.92 Å². The highest BCUT2D eigenvalue weighted by molar-refractivity contribution is 7.90. The van der Waals surface area contributed by atoms with E-state index in [2.05, 4.69) is 4.72 Å². The third-order valence-electron chi connectivity index (χ3n) is 2.98. The Balaban J connectivity index is 2.89. The van der Waals surface area contributed by atoms with Gasteiger partial charge in [0.15, 0.2) is 0 Å². The third kappa shape index (κ3) is 3.57. The highest BCUT2D eigenvalue weighted by atomic mass is 32.2. The Labute approximate surface area is 108 Å². The van der Waals surface area contributed by atoms with E-state index in [0.717, 1.165) is 5.56 Å². The second-order valence-corrected chi connectivity index (χ2v) is 6.50. The lowest BCUT2D eigenvalue weighted by atomic mass is 9.98. The molecule has 1 aromatic carbocycles. The highest BCUT2D eigenvalue weighted by Gasteiger charge is 2.23. The van der Waals surface area contributed by atoms with Crippen LogP contribution in [-0.2, 0) is 14.8 Å². The van der Waals surface area contributed by atoms with E-state index in [0.29, 0.717) is 0 Å². The van der Waals surface area contributed by atoms with Crippen molar-refractivity contribution in [2.45, 2.75) is 32.6 Å². The van der Waals surface area contributed by atoms with E-state index >= 15 is 0 Å². The van der Waals surface area contributed by atoms with E-state index in [-0.39, 0.29) is 16.7 Å². The number of aryl methyl sites for hydroxylation is 1. The Morgan fingerprint density at radius 1 is 1.11 bits per heavy atom. The molecule has 1 N–H and O–H groups in total. The summed E-state index contributed by atoms with van der Waals surface area (Å²) in [6.07, 6.45) is 0. The van der Waals surface area contributed by atoms with Crippen LogP contribution >= 0.6 is 0 Å². The van der Waals surface area contributed by atoms with E-state index in [9.17, 15) is 13.2 Å². The number of sulfonamides is 1. The van der Waals surface area contributed by atoms with Crippen molar-refractivity contribution in [3.05, 3.63) is 29.8 Å². The molecule has 0 bridgehead atoms. The number of carbonyl (C=O) groups excluding carboxylic acids is 1. The maximum atomic E-state index is 11.9. The summed E-state index contributed by atoms with van der Waals surface area (Å²) < 4.78 is 26.0. The van der Waals surface area contributed by atoms with Crippen LogP contribution in [0.25, 0.3) is 0 Å². The number of benzene rings is 1. The minimum atomic E-state index is -3.75. The molecule has 0 aromatic heterocycles. The topological polar surface area (TPSA) is 63.2 Å². The smallest absolute Gasteiger partial charge is 0.264 e. The number of rotatable bonds is 4. The van der Waals surface area contributed by atoms with Crippen LogP contribution < -0.4 is 4.72 Å². The second-order valence-electron chi connectivity index (χ2n) is 4.82. The molecule has 0 fully saturated rings. The van der Waals surface area contributed by atoms with Crippen LogP contribution in [0, 0.1) is 18.8 Å². The van der Waals surface area contributed by atoms with Crippen molar-refractivity contribution < 1.29 is 13.2 Å². The zero-order valence-electron chi connectivity index (χ0n) is 11.1. The highest BCUT2D eigenvalue weighted by Crippen LogP contribution is 2.13. The summed E-state index contributed by atoms with van der Waals surface area (Å²) in [6.45, 7) is 7.34. The van der Waals surface area contributed by atoms with Crippen molar-refractivity contribution in [2.24, 2.45) is 11.8 Å². The summed E-state index contributed by atoms with van der Waals surface area (Å²) >= 11 is 0. The van der Waals surface area contributed by atoms with Crippen molar-refractivity contribution in [3.8, 4) is 0 Å². The van der Waals surface area contributed by atoms with Crippen molar-refractivity contribution in [2.75, 3.05) is 0 Å². The molecule has 0 saturated heterocycles. The first-order chi connectivity index (χ1) is 8.24. The molecule has 0 spiro atoms. The summed E-state index contributed by atoms with van der Waals surface area (Å²) in [7, 11) is -3.75. The fraction of sp³-hybridized carbons (Fsp3) is 0.462. The number of nitrogens with one attached hydrogen (secondary N) is 1. The van der Waals surface area contributed by atoms with Gasteiger partial charge in [0.1, 0.15) is 0 Å². The summed E-state index contributed by atoms with van der Waals surface area (Å²) in [5.41, 5.74) is 0.968. The fourth-order valence-electron chi connectivity index (χ4n) is 1.30. The van der Waals surface area contributed by atoms with Gasteiger partial charge in [-0.05, 0) is 25.0 Å². The molecule has 1 aromatic rings. The Bertz CT molecular complexity index is 518. The fourth-order valence-corrected chi connectivity index (χ4v) is 2.37. The molecule has 0 heterocycles. The van der Waals surface area contributed by atoms with Crippen LogP contribution in [0.2, 0.25) is 0 Å². The van der Waals surface area contributed by atoms with Gasteiger partial charge in [-0.25, -0.2) is 13.1 Å². The first-order valence-corrected chi connectivity index (χ1v) is 7.35. The lowest BCUT2D eigenvalue weighted by Crippen LogP contribution is -2.36. The average molecular weight is 269 g/mol. The van der Waals surface area contributed by atoms with Gasteiger partial charge >= 0.3 is 0 Å². The Hall–Kier alpha value is -1.36. The summed E-state index contributed by atoms with van der Waals surface area (Å²) in [5.74, 6) is -0.714. The van der Waals surface area contributed by atoms with Gasteiger partial charge < -0.3 is 0 Å². The molecule has 5 heteroatoms. The predicted molar refractivity (Wildman–Crippen MR) is 70.5 cm³/mol. The van der Waals surface area contributed by atoms with Crippen LogP contribution in [0.5, 0.6) is 0 Å². The minimum Gasteiger partial charge on any atom is -0.274 e. The molecule has 0 radical (unpaired) electrons. The normalized spacial score (nSPS) is 13.4. The van der Waals surface area contributed by atoms with Gasteiger partial charge in [-0.15, -0.1) is 0 Å². The molecule has 4 nitrogen and oxygen atoms in total. The van der Waals surface area contributed by atoms with E-state index < -0.39 is 15.9 Å². The van der Waals surface area contributed by atoms with E-state index in [1.54, 1.807) is 19.1 Å². The molecule has 1 atom stereocenters. The standard InChI is InChI=1S/C13H19NO3S/c1-9(2)11(4)13(15)14-18(16,17)12-7-5-10(3)6-8-12/h5-9,11H,1-4H3,(H,14,15). The molecular formula is C13H19NO3S. The Morgan fingerprint density at radius 3 is 2.06 bits per heavy atom. The Kier molecular flexibility index (Phi) is 4.51.